The van der Waals surface area contributed by atoms with Gasteiger partial charge in [-0.3, -0.25) is 4.68 Å². The van der Waals surface area contributed by atoms with E-state index >= 15 is 0 Å². The molecule has 0 aromatic carbocycles. The van der Waals surface area contributed by atoms with Crippen LogP contribution in [0.1, 0.15) is 36.5 Å². The van der Waals surface area contributed by atoms with Gasteiger partial charge in [0, 0.05) is 11.4 Å². The first kappa shape index (κ1) is 10.9. The molecule has 1 N–H and O–H groups in total. The molecule has 0 saturated carbocycles. The molecule has 0 bridgehead atoms. The Morgan fingerprint density at radius 2 is 1.94 bits per heavy atom. The average molecular weight is 218 g/mol. The Labute approximate surface area is 96.0 Å². The Kier molecular flexibility index (Phi) is 3.04. The summed E-state index contributed by atoms with van der Waals surface area (Å²) in [6.07, 6.45) is 2.71. The first-order chi connectivity index (χ1) is 7.72. The monoisotopic (exact) mass is 218 g/mol. The molecule has 1 atom stereocenters. The van der Waals surface area contributed by atoms with Crippen LogP contribution in [-0.4, -0.2) is 4.68 Å². The smallest absolute Gasteiger partial charge is 0.127 e. The van der Waals surface area contributed by atoms with E-state index in [4.69, 9.17) is 4.42 Å². The van der Waals surface area contributed by atoms with Crippen LogP contribution in [0.25, 0.3) is 0 Å². The second-order valence-electron chi connectivity index (χ2n) is 4.06. The number of aromatic nitrogens is 1. The van der Waals surface area contributed by atoms with Gasteiger partial charge in [0.2, 0.25) is 0 Å². The van der Waals surface area contributed by atoms with Crippen LogP contribution in [0.3, 0.4) is 0 Å². The molecule has 0 aliphatic rings. The van der Waals surface area contributed by atoms with E-state index in [0.29, 0.717) is 0 Å². The summed E-state index contributed by atoms with van der Waals surface area (Å²) in [4.78, 5) is 0. The maximum Gasteiger partial charge on any atom is 0.127 e. The second kappa shape index (κ2) is 4.47. The van der Waals surface area contributed by atoms with Crippen molar-refractivity contribution in [2.45, 2.75) is 33.2 Å². The standard InChI is InChI=1S/C13H18N2O/c1-4-12(13-6-5-9-16-13)14-15-10(2)7-8-11(15)3/h5-9,12,14H,4H2,1-3H3. The van der Waals surface area contributed by atoms with Crippen LogP contribution in [0.4, 0.5) is 0 Å². The summed E-state index contributed by atoms with van der Waals surface area (Å²) < 4.78 is 7.55. The third kappa shape index (κ3) is 1.98. The maximum absolute atomic E-state index is 5.44. The first-order valence-corrected chi connectivity index (χ1v) is 5.67. The normalized spacial score (nSPS) is 12.7. The molecule has 16 heavy (non-hydrogen) atoms. The summed E-state index contributed by atoms with van der Waals surface area (Å²) >= 11 is 0. The van der Waals surface area contributed by atoms with Gasteiger partial charge in [-0.15, -0.1) is 0 Å². The van der Waals surface area contributed by atoms with E-state index in [1.54, 1.807) is 6.26 Å². The Morgan fingerprint density at radius 3 is 2.44 bits per heavy atom. The van der Waals surface area contributed by atoms with Gasteiger partial charge < -0.3 is 9.84 Å². The lowest BCUT2D eigenvalue weighted by Gasteiger charge is -2.20. The fraction of sp³-hybridized carbons (Fsp3) is 0.385. The predicted octanol–water partition coefficient (Wildman–Crippen LogP) is 3.39. The minimum Gasteiger partial charge on any atom is -0.467 e. The highest BCUT2D eigenvalue weighted by Crippen LogP contribution is 2.19. The molecule has 2 rings (SSSR count). The lowest BCUT2D eigenvalue weighted by Crippen LogP contribution is -2.22. The molecule has 0 saturated heterocycles. The highest BCUT2D eigenvalue weighted by Gasteiger charge is 2.13. The van der Waals surface area contributed by atoms with Gasteiger partial charge in [0.05, 0.1) is 12.3 Å². The van der Waals surface area contributed by atoms with E-state index < -0.39 is 0 Å². The van der Waals surface area contributed by atoms with Crippen molar-refractivity contribution in [3.8, 4) is 0 Å². The van der Waals surface area contributed by atoms with Gasteiger partial charge in [0.15, 0.2) is 0 Å². The molecular weight excluding hydrogens is 200 g/mol. The van der Waals surface area contributed by atoms with E-state index in [0.717, 1.165) is 12.2 Å². The molecule has 0 spiro atoms. The lowest BCUT2D eigenvalue weighted by atomic mass is 10.2. The number of nitrogens with one attached hydrogen (secondary N) is 1. The van der Waals surface area contributed by atoms with Gasteiger partial charge in [-0.25, -0.2) is 0 Å². The molecule has 0 amide bonds. The minimum atomic E-state index is 0.222. The van der Waals surface area contributed by atoms with Crippen molar-refractivity contribution in [1.82, 2.24) is 4.68 Å². The molecule has 2 aromatic heterocycles. The number of furan rings is 1. The largest absolute Gasteiger partial charge is 0.467 e. The highest BCUT2D eigenvalue weighted by atomic mass is 16.3. The molecular formula is C13H18N2O. The molecule has 3 heteroatoms. The van der Waals surface area contributed by atoms with Crippen LogP contribution in [0.2, 0.25) is 0 Å². The molecule has 0 aliphatic carbocycles. The van der Waals surface area contributed by atoms with Crippen molar-refractivity contribution in [1.29, 1.82) is 0 Å². The van der Waals surface area contributed by atoms with Crippen LogP contribution in [0, 0.1) is 13.8 Å². The van der Waals surface area contributed by atoms with Crippen LogP contribution in [-0.2, 0) is 0 Å². The zero-order chi connectivity index (χ0) is 11.5. The molecule has 3 nitrogen and oxygen atoms in total. The molecule has 2 heterocycles. The van der Waals surface area contributed by atoms with Gasteiger partial charge in [-0.05, 0) is 44.5 Å². The number of nitrogens with zero attached hydrogens (tertiary/aromatic N) is 1. The summed E-state index contributed by atoms with van der Waals surface area (Å²) in [5.74, 6) is 0.981. The van der Waals surface area contributed by atoms with E-state index in [1.165, 1.54) is 11.4 Å². The minimum absolute atomic E-state index is 0.222. The number of hydrogen-bond donors (Lipinski definition) is 1. The van der Waals surface area contributed by atoms with Crippen LogP contribution in [0.5, 0.6) is 0 Å². The predicted molar refractivity (Wildman–Crippen MR) is 65.0 cm³/mol. The van der Waals surface area contributed by atoms with Crippen molar-refractivity contribution in [3.63, 3.8) is 0 Å². The highest BCUT2D eigenvalue weighted by molar-refractivity contribution is 5.18. The van der Waals surface area contributed by atoms with Gasteiger partial charge in [-0.2, -0.15) is 0 Å². The van der Waals surface area contributed by atoms with E-state index in [-0.39, 0.29) is 6.04 Å². The van der Waals surface area contributed by atoms with Crippen LogP contribution >= 0.6 is 0 Å². The molecule has 0 radical (unpaired) electrons. The van der Waals surface area contributed by atoms with Crippen LogP contribution in [0.15, 0.2) is 34.9 Å². The third-order valence-corrected chi connectivity index (χ3v) is 2.85. The van der Waals surface area contributed by atoms with Crippen molar-refractivity contribution >= 4 is 0 Å². The lowest BCUT2D eigenvalue weighted by molar-refractivity contribution is 0.455. The Morgan fingerprint density at radius 1 is 1.25 bits per heavy atom. The van der Waals surface area contributed by atoms with E-state index in [2.05, 4.69) is 43.0 Å². The molecule has 2 aromatic rings. The Balaban J connectivity index is 2.20. The SMILES string of the molecule is CCC(Nn1c(C)ccc1C)c1ccco1. The quantitative estimate of drug-likeness (QED) is 0.852. The van der Waals surface area contributed by atoms with Gasteiger partial charge in [-0.1, -0.05) is 6.92 Å². The Hall–Kier alpha value is -1.64. The molecule has 0 aliphatic heterocycles. The molecule has 86 valence electrons. The summed E-state index contributed by atoms with van der Waals surface area (Å²) in [7, 11) is 0. The third-order valence-electron chi connectivity index (χ3n) is 2.85. The van der Waals surface area contributed by atoms with Crippen LogP contribution < -0.4 is 5.43 Å². The topological polar surface area (TPSA) is 30.1 Å². The van der Waals surface area contributed by atoms with Crippen molar-refractivity contribution in [2.24, 2.45) is 0 Å². The van der Waals surface area contributed by atoms with Crippen molar-refractivity contribution in [3.05, 3.63) is 47.7 Å². The fourth-order valence-electron chi connectivity index (χ4n) is 1.87. The zero-order valence-electron chi connectivity index (χ0n) is 10.0. The second-order valence-corrected chi connectivity index (χ2v) is 4.06. The first-order valence-electron chi connectivity index (χ1n) is 5.67. The van der Waals surface area contributed by atoms with Gasteiger partial charge in [0.25, 0.3) is 0 Å². The zero-order valence-corrected chi connectivity index (χ0v) is 10.0. The molecule has 0 fully saturated rings. The fourth-order valence-corrected chi connectivity index (χ4v) is 1.87. The van der Waals surface area contributed by atoms with E-state index in [9.17, 15) is 0 Å². The summed E-state index contributed by atoms with van der Waals surface area (Å²) in [5.41, 5.74) is 5.89. The number of rotatable bonds is 4. The van der Waals surface area contributed by atoms with E-state index in [1.807, 2.05) is 12.1 Å². The summed E-state index contributed by atoms with van der Waals surface area (Å²) in [6.45, 7) is 6.33. The summed E-state index contributed by atoms with van der Waals surface area (Å²) in [5, 5.41) is 0. The summed E-state index contributed by atoms with van der Waals surface area (Å²) in [6, 6.07) is 8.37. The van der Waals surface area contributed by atoms with Crippen molar-refractivity contribution in [2.75, 3.05) is 5.43 Å². The maximum atomic E-state index is 5.44. The average Bonchev–Trinajstić information content (AvgIpc) is 2.89. The number of aryl methyl sites for hydroxylation is 2. The van der Waals surface area contributed by atoms with Gasteiger partial charge in [0.1, 0.15) is 5.76 Å². The number of hydrogen-bond acceptors (Lipinski definition) is 2. The molecule has 1 unspecified atom stereocenters. The van der Waals surface area contributed by atoms with Gasteiger partial charge >= 0.3 is 0 Å². The van der Waals surface area contributed by atoms with Crippen molar-refractivity contribution < 1.29 is 4.42 Å². The Bertz CT molecular complexity index is 423.